The molecule has 0 amide bonds. The Hall–Kier alpha value is -3.43. The maximum atomic E-state index is 15.4. The monoisotopic (exact) mass is 481 g/mol. The van der Waals surface area contributed by atoms with Crippen molar-refractivity contribution in [2.45, 2.75) is 32.4 Å². The van der Waals surface area contributed by atoms with Gasteiger partial charge in [-0.05, 0) is 36.4 Å². The maximum Gasteiger partial charge on any atom is 0.337 e. The van der Waals surface area contributed by atoms with Crippen molar-refractivity contribution in [2.24, 2.45) is 0 Å². The number of carbonyl (C=O) groups is 1. The van der Waals surface area contributed by atoms with E-state index in [0.29, 0.717) is 17.9 Å². The molecule has 4 rings (SSSR count). The zero-order valence-electron chi connectivity index (χ0n) is 19.7. The zero-order valence-corrected chi connectivity index (χ0v) is 20.7. The van der Waals surface area contributed by atoms with Gasteiger partial charge >= 0.3 is 5.97 Å². The Morgan fingerprint density at radius 3 is 2.71 bits per heavy atom. The van der Waals surface area contributed by atoms with E-state index in [1.165, 1.54) is 13.2 Å². The van der Waals surface area contributed by atoms with Crippen LogP contribution in [-0.2, 0) is 11.5 Å². The third-order valence-electron chi connectivity index (χ3n) is 5.72. The molecule has 34 heavy (non-hydrogen) atoms. The Morgan fingerprint density at radius 2 is 2.00 bits per heavy atom. The molecule has 178 valence electrons. The molecule has 2 N–H and O–H groups in total. The molecule has 0 fully saturated rings. The van der Waals surface area contributed by atoms with Crippen LogP contribution in [0.4, 0.5) is 4.39 Å². The van der Waals surface area contributed by atoms with Crippen molar-refractivity contribution >= 4 is 25.1 Å². The van der Waals surface area contributed by atoms with Crippen LogP contribution < -0.4 is 4.74 Å². The van der Waals surface area contributed by atoms with E-state index in [4.69, 9.17) is 9.47 Å². The summed E-state index contributed by atoms with van der Waals surface area (Å²) in [5, 5.41) is 10.9. The molecule has 3 aromatic heterocycles. The molecule has 0 spiro atoms. The molecule has 1 aromatic carbocycles. The number of pyridine rings is 1. The number of aromatic amines is 1. The number of rotatable bonds is 9. The number of hydrogen-bond acceptors (Lipinski definition) is 4. The first-order chi connectivity index (χ1) is 16.2. The van der Waals surface area contributed by atoms with Crippen LogP contribution >= 0.6 is 0 Å². The lowest BCUT2D eigenvalue weighted by Gasteiger charge is -2.19. The predicted molar refractivity (Wildman–Crippen MR) is 133 cm³/mol. The van der Waals surface area contributed by atoms with Gasteiger partial charge in [0, 0.05) is 43.6 Å². The number of benzene rings is 1. The minimum absolute atomic E-state index is 0.0172. The summed E-state index contributed by atoms with van der Waals surface area (Å²) in [5.41, 5.74) is 2.41. The number of ether oxygens (including phenoxy) is 2. The number of halogens is 1. The minimum Gasteiger partial charge on any atom is -0.494 e. The molecule has 0 radical (unpaired) electrons. The third kappa shape index (κ3) is 4.62. The molecule has 0 saturated heterocycles. The lowest BCUT2D eigenvalue weighted by Crippen LogP contribution is -2.22. The molecular formula is C25H28FN3O4Si. The van der Waals surface area contributed by atoms with Crippen molar-refractivity contribution in [1.29, 1.82) is 0 Å². The number of H-pyrrole nitrogens is 1. The molecule has 0 unspecified atom stereocenters. The van der Waals surface area contributed by atoms with Gasteiger partial charge in [-0.15, -0.1) is 0 Å². The summed E-state index contributed by atoms with van der Waals surface area (Å²) < 4.78 is 28.3. The average Bonchev–Trinajstić information content (AvgIpc) is 3.41. The van der Waals surface area contributed by atoms with E-state index < -0.39 is 19.9 Å². The summed E-state index contributed by atoms with van der Waals surface area (Å²) in [6, 6.07) is 10.9. The zero-order chi connectivity index (χ0) is 24.5. The third-order valence-corrected chi connectivity index (χ3v) is 7.42. The number of methoxy groups -OCH3 is 1. The Kier molecular flexibility index (Phi) is 6.58. The molecule has 0 aliphatic rings. The maximum absolute atomic E-state index is 15.4. The summed E-state index contributed by atoms with van der Waals surface area (Å²) >= 11 is 0. The summed E-state index contributed by atoms with van der Waals surface area (Å²) in [7, 11) is 0.0499. The van der Waals surface area contributed by atoms with Crippen LogP contribution in [0.3, 0.4) is 0 Å². The predicted octanol–water partition coefficient (Wildman–Crippen LogP) is 5.86. The SMILES string of the molecule is COc1cccc(-c2c(C(=O)O)cc(-c3ccnc4[nH]ccc34)n2COCC[Si](C)(C)C)c1F. The van der Waals surface area contributed by atoms with Gasteiger partial charge in [0.2, 0.25) is 0 Å². The molecule has 0 aliphatic heterocycles. The van der Waals surface area contributed by atoms with Crippen molar-refractivity contribution in [3.05, 3.63) is 60.2 Å². The van der Waals surface area contributed by atoms with Crippen LogP contribution in [0, 0.1) is 5.82 Å². The highest BCUT2D eigenvalue weighted by atomic mass is 28.3. The fourth-order valence-electron chi connectivity index (χ4n) is 3.93. The number of hydrogen-bond donors (Lipinski definition) is 2. The van der Waals surface area contributed by atoms with Gasteiger partial charge < -0.3 is 24.1 Å². The Balaban J connectivity index is 1.92. The van der Waals surface area contributed by atoms with E-state index in [0.717, 1.165) is 17.0 Å². The van der Waals surface area contributed by atoms with Gasteiger partial charge in [-0.3, -0.25) is 0 Å². The van der Waals surface area contributed by atoms with Gasteiger partial charge in [-0.25, -0.2) is 14.2 Å². The first kappa shape index (κ1) is 23.7. The Labute approximate surface area is 198 Å². The van der Waals surface area contributed by atoms with Crippen LogP contribution in [0.1, 0.15) is 10.4 Å². The number of nitrogens with zero attached hydrogens (tertiary/aromatic N) is 2. The van der Waals surface area contributed by atoms with Crippen LogP contribution in [-0.4, -0.2) is 47.4 Å². The van der Waals surface area contributed by atoms with Gasteiger partial charge in [-0.2, -0.15) is 0 Å². The molecule has 4 aromatic rings. The first-order valence-corrected chi connectivity index (χ1v) is 14.7. The Bertz CT molecular complexity index is 1340. The Morgan fingerprint density at radius 1 is 1.21 bits per heavy atom. The molecule has 0 aliphatic carbocycles. The van der Waals surface area contributed by atoms with Crippen molar-refractivity contribution in [1.82, 2.24) is 14.5 Å². The van der Waals surface area contributed by atoms with Gasteiger partial charge in [0.25, 0.3) is 0 Å². The van der Waals surface area contributed by atoms with Crippen LogP contribution in [0.25, 0.3) is 33.5 Å². The average molecular weight is 482 g/mol. The summed E-state index contributed by atoms with van der Waals surface area (Å²) in [6.07, 6.45) is 3.43. The number of carboxylic acid groups (broad SMARTS) is 1. The summed E-state index contributed by atoms with van der Waals surface area (Å²) in [4.78, 5) is 19.7. The second-order valence-electron chi connectivity index (χ2n) is 9.29. The lowest BCUT2D eigenvalue weighted by atomic mass is 10.1. The van der Waals surface area contributed by atoms with E-state index >= 15 is 4.39 Å². The smallest absolute Gasteiger partial charge is 0.337 e. The summed E-state index contributed by atoms with van der Waals surface area (Å²) in [6.45, 7) is 7.39. The van der Waals surface area contributed by atoms with Crippen molar-refractivity contribution < 1.29 is 23.8 Å². The van der Waals surface area contributed by atoms with Crippen LogP contribution in [0.15, 0.2) is 48.8 Å². The molecule has 7 nitrogen and oxygen atoms in total. The lowest BCUT2D eigenvalue weighted by molar-refractivity contribution is 0.0696. The molecule has 3 heterocycles. The van der Waals surface area contributed by atoms with Gasteiger partial charge in [-0.1, -0.05) is 25.7 Å². The van der Waals surface area contributed by atoms with Crippen molar-refractivity contribution in [3.8, 4) is 28.3 Å². The number of nitrogens with one attached hydrogen (secondary N) is 1. The second-order valence-corrected chi connectivity index (χ2v) is 14.9. The van der Waals surface area contributed by atoms with Crippen LogP contribution in [0.5, 0.6) is 5.75 Å². The van der Waals surface area contributed by atoms with E-state index in [2.05, 4.69) is 29.6 Å². The highest BCUT2D eigenvalue weighted by Gasteiger charge is 2.26. The van der Waals surface area contributed by atoms with E-state index in [-0.39, 0.29) is 29.3 Å². The van der Waals surface area contributed by atoms with Crippen LogP contribution in [0.2, 0.25) is 25.7 Å². The highest BCUT2D eigenvalue weighted by Crippen LogP contribution is 2.38. The second kappa shape index (κ2) is 9.44. The van der Waals surface area contributed by atoms with Crippen molar-refractivity contribution in [3.63, 3.8) is 0 Å². The highest BCUT2D eigenvalue weighted by molar-refractivity contribution is 6.76. The van der Waals surface area contributed by atoms with E-state index in [1.54, 1.807) is 35.2 Å². The number of fused-ring (bicyclic) bond motifs is 1. The van der Waals surface area contributed by atoms with Gasteiger partial charge in [0.15, 0.2) is 11.6 Å². The number of aromatic carboxylic acids is 1. The minimum atomic E-state index is -1.33. The topological polar surface area (TPSA) is 89.4 Å². The standard InChI is InChI=1S/C25H28FN3O4Si/c1-32-21-7-5-6-18(22(21)26)23-19(25(30)31)14-20(29(23)15-33-12-13-34(2,3)4)16-8-10-27-24-17(16)9-11-28-24/h5-11,14H,12-13,15H2,1-4H3,(H,27,28)(H,30,31). The summed E-state index contributed by atoms with van der Waals surface area (Å²) in [5.74, 6) is -1.74. The molecule has 0 bridgehead atoms. The largest absolute Gasteiger partial charge is 0.494 e. The van der Waals surface area contributed by atoms with Crippen molar-refractivity contribution in [2.75, 3.05) is 13.7 Å². The molecular weight excluding hydrogens is 453 g/mol. The van der Waals surface area contributed by atoms with Gasteiger partial charge in [0.1, 0.15) is 12.4 Å². The van der Waals surface area contributed by atoms with E-state index in [1.807, 2.05) is 12.1 Å². The normalized spacial score (nSPS) is 11.8. The number of carboxylic acids is 1. The number of aromatic nitrogens is 3. The fourth-order valence-corrected chi connectivity index (χ4v) is 4.69. The molecule has 9 heteroatoms. The molecule has 0 saturated carbocycles. The molecule has 0 atom stereocenters. The quantitative estimate of drug-likeness (QED) is 0.231. The fraction of sp³-hybridized carbons (Fsp3) is 0.280. The first-order valence-electron chi connectivity index (χ1n) is 11.0. The van der Waals surface area contributed by atoms with Gasteiger partial charge in [0.05, 0.1) is 24.1 Å². The van der Waals surface area contributed by atoms with E-state index in [9.17, 15) is 9.90 Å².